The Labute approximate surface area is 227 Å². The van der Waals surface area contributed by atoms with E-state index in [4.69, 9.17) is 4.74 Å². The van der Waals surface area contributed by atoms with Crippen molar-refractivity contribution in [1.29, 1.82) is 0 Å². The SMILES string of the molecule is C[C@@H]1CN(C(=O)c2cc(Br)cc([N+](=O)[O-])c2N[C@@H]2CCCN(C(=O)c3cncc4[nH]ncc34)C2)C[C@H](C)O1. The van der Waals surface area contributed by atoms with E-state index >= 15 is 0 Å². The number of carbonyl (C=O) groups is 2. The molecule has 12 nitrogen and oxygen atoms in total. The molecule has 0 bridgehead atoms. The van der Waals surface area contributed by atoms with Crippen LogP contribution in [0.5, 0.6) is 0 Å². The number of carbonyl (C=O) groups excluding carboxylic acids is 2. The van der Waals surface area contributed by atoms with Crippen molar-refractivity contribution in [1.82, 2.24) is 25.0 Å². The van der Waals surface area contributed by atoms with E-state index in [9.17, 15) is 19.7 Å². The zero-order valence-electron chi connectivity index (χ0n) is 21.0. The highest BCUT2D eigenvalue weighted by Gasteiger charge is 2.33. The van der Waals surface area contributed by atoms with Gasteiger partial charge in [-0.3, -0.25) is 29.8 Å². The second-order valence-electron chi connectivity index (χ2n) is 9.82. The summed E-state index contributed by atoms with van der Waals surface area (Å²) in [6.07, 6.45) is 5.83. The van der Waals surface area contributed by atoms with Crippen LogP contribution in [-0.4, -0.2) is 86.1 Å². The summed E-state index contributed by atoms with van der Waals surface area (Å²) in [6.45, 7) is 5.43. The minimum absolute atomic E-state index is 0.145. The Bertz CT molecular complexity index is 1390. The fraction of sp³-hybridized carbons (Fsp3) is 0.440. The van der Waals surface area contributed by atoms with Gasteiger partial charge in [-0.05, 0) is 32.8 Å². The minimum Gasteiger partial charge on any atom is -0.374 e. The van der Waals surface area contributed by atoms with E-state index in [1.807, 2.05) is 13.8 Å². The van der Waals surface area contributed by atoms with E-state index in [-0.39, 0.29) is 47.0 Å². The summed E-state index contributed by atoms with van der Waals surface area (Å²) in [5.74, 6) is -0.491. The number of rotatable bonds is 5. The van der Waals surface area contributed by atoms with Gasteiger partial charge in [0, 0.05) is 54.3 Å². The molecule has 3 atom stereocenters. The van der Waals surface area contributed by atoms with Crippen molar-refractivity contribution in [3.05, 3.63) is 56.4 Å². The highest BCUT2D eigenvalue weighted by atomic mass is 79.9. The highest BCUT2D eigenvalue weighted by molar-refractivity contribution is 9.10. The second-order valence-corrected chi connectivity index (χ2v) is 10.7. The molecular weight excluding hydrogens is 558 g/mol. The lowest BCUT2D eigenvalue weighted by Gasteiger charge is -2.36. The number of hydrogen-bond donors (Lipinski definition) is 2. The molecule has 2 aliphatic heterocycles. The number of hydrogen-bond acceptors (Lipinski definition) is 8. The summed E-state index contributed by atoms with van der Waals surface area (Å²) < 4.78 is 6.20. The van der Waals surface area contributed by atoms with Crippen molar-refractivity contribution in [2.24, 2.45) is 0 Å². The molecule has 2 N–H and O–H groups in total. The number of nitrogens with one attached hydrogen (secondary N) is 2. The number of nitrogens with zero attached hydrogens (tertiary/aromatic N) is 5. The third kappa shape index (κ3) is 5.20. The fourth-order valence-electron chi connectivity index (χ4n) is 5.26. The third-order valence-corrected chi connectivity index (χ3v) is 7.33. The third-order valence-electron chi connectivity index (χ3n) is 6.87. The molecule has 2 aromatic heterocycles. The van der Waals surface area contributed by atoms with Gasteiger partial charge in [-0.2, -0.15) is 5.10 Å². The van der Waals surface area contributed by atoms with Crippen LogP contribution in [0.4, 0.5) is 11.4 Å². The molecular formula is C25H28BrN7O5. The maximum atomic E-state index is 13.6. The largest absolute Gasteiger partial charge is 0.374 e. The van der Waals surface area contributed by atoms with Crippen molar-refractivity contribution in [3.8, 4) is 0 Å². The van der Waals surface area contributed by atoms with Crippen LogP contribution in [0, 0.1) is 10.1 Å². The standard InChI is InChI=1S/C25H28BrN7O5/c1-14-11-32(12-15(2)38-14)24(34)18-6-16(26)7-22(33(36)37)23(18)29-17-4-3-5-31(13-17)25(35)20-8-27-10-21-19(20)9-28-30-21/h6-10,14-15,17,29H,3-5,11-13H2,1-2H3,(H,28,30)/t14-,15+,17-/m1/s1. The topological polar surface area (TPSA) is 147 Å². The number of nitro benzene ring substituents is 1. The molecule has 0 unspecified atom stereocenters. The Balaban J connectivity index is 1.42. The molecule has 2 amide bonds. The number of aromatic amines is 1. The van der Waals surface area contributed by atoms with E-state index < -0.39 is 4.92 Å². The van der Waals surface area contributed by atoms with Gasteiger partial charge in [0.25, 0.3) is 17.5 Å². The molecule has 2 aliphatic rings. The maximum absolute atomic E-state index is 13.6. The molecule has 5 rings (SSSR count). The Morgan fingerprint density at radius 1 is 1.11 bits per heavy atom. The number of halogens is 1. The van der Waals surface area contributed by atoms with Gasteiger partial charge in [0.2, 0.25) is 0 Å². The molecule has 0 radical (unpaired) electrons. The number of morpholine rings is 1. The van der Waals surface area contributed by atoms with Crippen LogP contribution < -0.4 is 5.32 Å². The first-order valence-corrected chi connectivity index (χ1v) is 13.3. The lowest BCUT2D eigenvalue weighted by Crippen LogP contribution is -2.48. The van der Waals surface area contributed by atoms with Crippen molar-refractivity contribution in [2.75, 3.05) is 31.5 Å². The van der Waals surface area contributed by atoms with Crippen LogP contribution in [-0.2, 0) is 4.74 Å². The Morgan fingerprint density at radius 3 is 2.58 bits per heavy atom. The first-order chi connectivity index (χ1) is 18.2. The van der Waals surface area contributed by atoms with Gasteiger partial charge >= 0.3 is 0 Å². The predicted molar refractivity (Wildman–Crippen MR) is 143 cm³/mol. The van der Waals surface area contributed by atoms with Gasteiger partial charge in [-0.15, -0.1) is 0 Å². The first kappa shape index (κ1) is 26.0. The number of likely N-dealkylation sites (tertiary alicyclic amines) is 1. The first-order valence-electron chi connectivity index (χ1n) is 12.5. The number of nitro groups is 1. The fourth-order valence-corrected chi connectivity index (χ4v) is 5.71. The smallest absolute Gasteiger partial charge is 0.294 e. The number of fused-ring (bicyclic) bond motifs is 1. The van der Waals surface area contributed by atoms with E-state index in [1.54, 1.807) is 28.3 Å². The van der Waals surface area contributed by atoms with Crippen molar-refractivity contribution >= 4 is 50.0 Å². The van der Waals surface area contributed by atoms with Gasteiger partial charge in [-0.1, -0.05) is 15.9 Å². The molecule has 0 saturated carbocycles. The van der Waals surface area contributed by atoms with E-state index in [0.717, 1.165) is 0 Å². The van der Waals surface area contributed by atoms with Crippen molar-refractivity contribution in [2.45, 2.75) is 44.9 Å². The lowest BCUT2D eigenvalue weighted by molar-refractivity contribution is -0.384. The average Bonchev–Trinajstić information content (AvgIpc) is 3.37. The number of piperidine rings is 1. The predicted octanol–water partition coefficient (Wildman–Crippen LogP) is 3.59. The molecule has 1 aromatic carbocycles. The summed E-state index contributed by atoms with van der Waals surface area (Å²) in [4.78, 5) is 46.1. The summed E-state index contributed by atoms with van der Waals surface area (Å²) in [7, 11) is 0. The summed E-state index contributed by atoms with van der Waals surface area (Å²) in [6, 6.07) is 2.71. The van der Waals surface area contributed by atoms with Gasteiger partial charge in [0.05, 0.1) is 46.2 Å². The number of pyridine rings is 1. The zero-order valence-corrected chi connectivity index (χ0v) is 22.6. The van der Waals surface area contributed by atoms with Crippen LogP contribution in [0.1, 0.15) is 47.4 Å². The number of H-pyrrole nitrogens is 1. The lowest BCUT2D eigenvalue weighted by atomic mass is 10.0. The maximum Gasteiger partial charge on any atom is 0.294 e. The second kappa shape index (κ2) is 10.7. The Hall–Kier alpha value is -3.58. The zero-order chi connectivity index (χ0) is 27.0. The van der Waals surface area contributed by atoms with E-state index in [1.165, 1.54) is 12.3 Å². The number of anilines is 1. The number of amides is 2. The molecule has 38 heavy (non-hydrogen) atoms. The van der Waals surface area contributed by atoms with Crippen molar-refractivity contribution in [3.63, 3.8) is 0 Å². The van der Waals surface area contributed by atoms with E-state index in [2.05, 4.69) is 36.4 Å². The van der Waals surface area contributed by atoms with Gasteiger partial charge in [-0.25, -0.2) is 0 Å². The quantitative estimate of drug-likeness (QED) is 0.341. The Kier molecular flexibility index (Phi) is 7.30. The average molecular weight is 586 g/mol. The number of aromatic nitrogens is 3. The van der Waals surface area contributed by atoms with Crippen molar-refractivity contribution < 1.29 is 19.2 Å². The number of ether oxygens (including phenoxy) is 1. The molecule has 0 spiro atoms. The van der Waals surface area contributed by atoms with Crippen LogP contribution >= 0.6 is 15.9 Å². The van der Waals surface area contributed by atoms with E-state index in [0.29, 0.717) is 60.0 Å². The summed E-state index contributed by atoms with van der Waals surface area (Å²) in [5, 5.41) is 22.8. The molecule has 200 valence electrons. The van der Waals surface area contributed by atoms with Crippen LogP contribution in [0.3, 0.4) is 0 Å². The highest BCUT2D eigenvalue weighted by Crippen LogP contribution is 2.35. The Morgan fingerprint density at radius 2 is 1.84 bits per heavy atom. The summed E-state index contributed by atoms with van der Waals surface area (Å²) in [5.41, 5.74) is 1.28. The normalized spacial score (nSPS) is 21.9. The molecule has 2 saturated heterocycles. The molecule has 0 aliphatic carbocycles. The molecule has 3 aromatic rings. The monoisotopic (exact) mass is 585 g/mol. The molecule has 4 heterocycles. The minimum atomic E-state index is -0.495. The number of benzene rings is 1. The van der Waals surface area contributed by atoms with Gasteiger partial charge in [0.15, 0.2) is 0 Å². The van der Waals surface area contributed by atoms with Crippen LogP contribution in [0.2, 0.25) is 0 Å². The van der Waals surface area contributed by atoms with Gasteiger partial charge in [0.1, 0.15) is 5.69 Å². The van der Waals surface area contributed by atoms with Crippen LogP contribution in [0.25, 0.3) is 10.9 Å². The summed E-state index contributed by atoms with van der Waals surface area (Å²) >= 11 is 3.33. The van der Waals surface area contributed by atoms with Gasteiger partial charge < -0.3 is 19.9 Å². The van der Waals surface area contributed by atoms with Crippen LogP contribution in [0.15, 0.2) is 35.2 Å². The molecule has 13 heteroatoms. The molecule has 2 fully saturated rings.